The summed E-state index contributed by atoms with van der Waals surface area (Å²) < 4.78 is 12.2. The molecule has 0 unspecified atom stereocenters. The molecule has 0 radical (unpaired) electrons. The normalized spacial score (nSPS) is 11.2. The first-order valence-corrected chi connectivity index (χ1v) is 16.1. The maximum Gasteiger partial charge on any atom is 0.340 e. The molecule has 0 bridgehead atoms. The van der Waals surface area contributed by atoms with E-state index in [1.165, 1.54) is 70.6 Å². The summed E-state index contributed by atoms with van der Waals surface area (Å²) in [6, 6.07) is 0. The number of aromatic carboxylic acids is 1. The molecule has 0 aliphatic heterocycles. The third kappa shape index (κ3) is 14.2. The number of benzene rings is 1. The van der Waals surface area contributed by atoms with Gasteiger partial charge in [-0.25, -0.2) is 4.79 Å². The number of phenols is 2. The average Bonchev–Trinajstić information content (AvgIpc) is 2.92. The Bertz CT molecular complexity index is 776. The van der Waals surface area contributed by atoms with Gasteiger partial charge in [-0.15, -0.1) is 0 Å². The van der Waals surface area contributed by atoms with Gasteiger partial charge >= 0.3 is 5.97 Å². The highest BCUT2D eigenvalue weighted by Gasteiger charge is 2.29. The molecule has 226 valence electrons. The van der Waals surface area contributed by atoms with Crippen molar-refractivity contribution < 1.29 is 29.6 Å². The van der Waals surface area contributed by atoms with Gasteiger partial charge in [-0.2, -0.15) is 0 Å². The number of aromatic hydroxyl groups is 2. The fraction of sp³-hybridized carbons (Fsp3) is 0.788. The van der Waals surface area contributed by atoms with E-state index in [2.05, 4.69) is 20.8 Å². The van der Waals surface area contributed by atoms with E-state index in [-0.39, 0.29) is 11.3 Å². The topological polar surface area (TPSA) is 96.2 Å². The highest BCUT2D eigenvalue weighted by atomic mass is 16.5. The Morgan fingerprint density at radius 2 is 0.923 bits per heavy atom. The number of carboxylic acids is 1. The molecule has 0 fully saturated rings. The van der Waals surface area contributed by atoms with Crippen LogP contribution < -0.4 is 9.47 Å². The smallest absolute Gasteiger partial charge is 0.340 e. The van der Waals surface area contributed by atoms with Crippen LogP contribution in [0.1, 0.15) is 165 Å². The van der Waals surface area contributed by atoms with Gasteiger partial charge in [-0.3, -0.25) is 0 Å². The summed E-state index contributed by atoms with van der Waals surface area (Å²) in [6.07, 6.45) is 22.8. The van der Waals surface area contributed by atoms with E-state index < -0.39 is 17.5 Å². The molecule has 1 aromatic rings. The minimum atomic E-state index is -1.26. The van der Waals surface area contributed by atoms with E-state index in [9.17, 15) is 20.1 Å². The molecule has 0 atom stereocenters. The van der Waals surface area contributed by atoms with Crippen LogP contribution in [0.2, 0.25) is 0 Å². The van der Waals surface area contributed by atoms with Gasteiger partial charge in [0.15, 0.2) is 11.5 Å². The number of hydrogen-bond donors (Lipinski definition) is 3. The quantitative estimate of drug-likeness (QED) is 0.0784. The Morgan fingerprint density at radius 3 is 1.36 bits per heavy atom. The second kappa shape index (κ2) is 22.7. The van der Waals surface area contributed by atoms with Crippen LogP contribution in [0.3, 0.4) is 0 Å². The van der Waals surface area contributed by atoms with Gasteiger partial charge in [-0.05, 0) is 25.7 Å². The van der Waals surface area contributed by atoms with Gasteiger partial charge < -0.3 is 24.8 Å². The van der Waals surface area contributed by atoms with Crippen LogP contribution in [-0.2, 0) is 6.42 Å². The molecule has 1 aromatic carbocycles. The second-order valence-corrected chi connectivity index (χ2v) is 11.0. The van der Waals surface area contributed by atoms with E-state index in [0.29, 0.717) is 30.9 Å². The Morgan fingerprint density at radius 1 is 0.538 bits per heavy atom. The van der Waals surface area contributed by atoms with Gasteiger partial charge in [0.2, 0.25) is 11.5 Å². The summed E-state index contributed by atoms with van der Waals surface area (Å²) in [5.74, 6) is -2.03. The first-order chi connectivity index (χ1) is 19.0. The highest BCUT2D eigenvalue weighted by molar-refractivity contribution is 5.96. The van der Waals surface area contributed by atoms with E-state index in [0.717, 1.165) is 57.8 Å². The molecule has 6 nitrogen and oxygen atoms in total. The van der Waals surface area contributed by atoms with Gasteiger partial charge in [0.1, 0.15) is 5.56 Å². The molecule has 0 spiro atoms. The summed E-state index contributed by atoms with van der Waals surface area (Å²) in [6.45, 7) is 7.41. The van der Waals surface area contributed by atoms with E-state index in [1.807, 2.05) is 0 Å². The van der Waals surface area contributed by atoms with Gasteiger partial charge in [0.25, 0.3) is 0 Å². The molecule has 1 rings (SSSR count). The standard InChI is InChI=1S/C33H58O6/c1-4-7-10-13-16-17-18-21-24-27-28(33(36)37)29(34)30(35)32(39-26-23-20-15-12-9-6-3)31(27)38-25-22-19-14-11-8-5-2/h34-35H,4-26H2,1-3H3,(H,36,37). The third-order valence-corrected chi connectivity index (χ3v) is 7.44. The Hall–Kier alpha value is -2.11. The van der Waals surface area contributed by atoms with Crippen LogP contribution in [-0.4, -0.2) is 34.5 Å². The number of ether oxygens (including phenoxy) is 2. The number of carboxylic acid groups (broad SMARTS) is 1. The third-order valence-electron chi connectivity index (χ3n) is 7.44. The molecule has 39 heavy (non-hydrogen) atoms. The number of hydrogen-bond acceptors (Lipinski definition) is 5. The van der Waals surface area contributed by atoms with Crippen LogP contribution in [0.5, 0.6) is 23.0 Å². The maximum atomic E-state index is 12.2. The number of unbranched alkanes of at least 4 members (excludes halogenated alkanes) is 17. The number of carbonyl (C=O) groups is 1. The van der Waals surface area contributed by atoms with Crippen molar-refractivity contribution in [2.45, 2.75) is 156 Å². The highest BCUT2D eigenvalue weighted by Crippen LogP contribution is 2.49. The largest absolute Gasteiger partial charge is 0.504 e. The van der Waals surface area contributed by atoms with Crippen LogP contribution in [0.4, 0.5) is 0 Å². The van der Waals surface area contributed by atoms with E-state index in [4.69, 9.17) is 9.47 Å². The van der Waals surface area contributed by atoms with Gasteiger partial charge in [0.05, 0.1) is 13.2 Å². The van der Waals surface area contributed by atoms with Crippen molar-refractivity contribution in [2.24, 2.45) is 0 Å². The number of rotatable bonds is 26. The van der Waals surface area contributed by atoms with Gasteiger partial charge in [0, 0.05) is 5.56 Å². The number of phenolic OH excluding ortho intramolecular Hbond substituents is 1. The van der Waals surface area contributed by atoms with Crippen LogP contribution in [0.25, 0.3) is 0 Å². The van der Waals surface area contributed by atoms with E-state index in [1.54, 1.807) is 0 Å². The lowest BCUT2D eigenvalue weighted by Crippen LogP contribution is -2.11. The lowest BCUT2D eigenvalue weighted by molar-refractivity contribution is 0.0690. The zero-order valence-electron chi connectivity index (χ0n) is 25.3. The van der Waals surface area contributed by atoms with Crippen LogP contribution in [0.15, 0.2) is 0 Å². The maximum absolute atomic E-state index is 12.2. The molecule has 3 N–H and O–H groups in total. The molecule has 0 aliphatic carbocycles. The Balaban J connectivity index is 2.99. The Labute approximate surface area is 238 Å². The molecular formula is C33H58O6. The van der Waals surface area contributed by atoms with Crippen molar-refractivity contribution in [3.63, 3.8) is 0 Å². The molecule has 0 saturated heterocycles. The fourth-order valence-electron chi connectivity index (χ4n) is 5.03. The molecule has 6 heteroatoms. The van der Waals surface area contributed by atoms with Crippen LogP contribution in [0, 0.1) is 0 Å². The zero-order chi connectivity index (χ0) is 28.7. The SMILES string of the molecule is CCCCCCCCCCc1c(OCCCCCCCC)c(OCCCCCCCC)c(O)c(O)c1C(=O)O. The van der Waals surface area contributed by atoms with Crippen molar-refractivity contribution in [1.29, 1.82) is 0 Å². The molecule has 0 amide bonds. The summed E-state index contributed by atoms with van der Waals surface area (Å²) in [4.78, 5) is 12.2. The minimum absolute atomic E-state index is 0.0895. The van der Waals surface area contributed by atoms with Crippen molar-refractivity contribution in [2.75, 3.05) is 13.2 Å². The van der Waals surface area contributed by atoms with Crippen LogP contribution >= 0.6 is 0 Å². The summed E-state index contributed by atoms with van der Waals surface area (Å²) >= 11 is 0. The first kappa shape index (κ1) is 34.9. The van der Waals surface area contributed by atoms with Crippen molar-refractivity contribution in [3.05, 3.63) is 11.1 Å². The van der Waals surface area contributed by atoms with E-state index >= 15 is 0 Å². The van der Waals surface area contributed by atoms with Crippen molar-refractivity contribution in [3.8, 4) is 23.0 Å². The monoisotopic (exact) mass is 550 g/mol. The summed E-state index contributed by atoms with van der Waals surface area (Å²) in [7, 11) is 0. The summed E-state index contributed by atoms with van der Waals surface area (Å²) in [5, 5.41) is 31.5. The lowest BCUT2D eigenvalue weighted by Gasteiger charge is -2.21. The predicted molar refractivity (Wildman–Crippen MR) is 161 cm³/mol. The average molecular weight is 551 g/mol. The molecule has 0 aliphatic rings. The lowest BCUT2D eigenvalue weighted by atomic mass is 9.97. The van der Waals surface area contributed by atoms with Crippen molar-refractivity contribution in [1.82, 2.24) is 0 Å². The minimum Gasteiger partial charge on any atom is -0.504 e. The zero-order valence-corrected chi connectivity index (χ0v) is 25.3. The predicted octanol–water partition coefficient (Wildman–Crippen LogP) is 9.96. The fourth-order valence-corrected chi connectivity index (χ4v) is 5.03. The molecule has 0 aromatic heterocycles. The Kier molecular flexibility index (Phi) is 20.3. The summed E-state index contributed by atoms with van der Waals surface area (Å²) in [5.41, 5.74) is 0.174. The van der Waals surface area contributed by atoms with Crippen molar-refractivity contribution >= 4 is 5.97 Å². The molecular weight excluding hydrogens is 492 g/mol. The molecule has 0 heterocycles. The first-order valence-electron chi connectivity index (χ1n) is 16.1. The molecule has 0 saturated carbocycles. The van der Waals surface area contributed by atoms with Gasteiger partial charge in [-0.1, -0.05) is 130 Å². The second-order valence-electron chi connectivity index (χ2n) is 11.0.